The van der Waals surface area contributed by atoms with E-state index in [4.69, 9.17) is 0 Å². The van der Waals surface area contributed by atoms with Gasteiger partial charge in [0.05, 0.1) is 6.04 Å². The van der Waals surface area contributed by atoms with Gasteiger partial charge in [0, 0.05) is 17.4 Å². The summed E-state index contributed by atoms with van der Waals surface area (Å²) in [4.78, 5) is 2.23. The van der Waals surface area contributed by atoms with Crippen LogP contribution in [-0.2, 0) is 0 Å². The highest BCUT2D eigenvalue weighted by Crippen LogP contribution is 2.28. The summed E-state index contributed by atoms with van der Waals surface area (Å²) in [6, 6.07) is 0.536. The maximum absolute atomic E-state index is 3.47. The molecule has 0 radical (unpaired) electrons. The zero-order valence-electron chi connectivity index (χ0n) is 6.37. The molecule has 2 unspecified atom stereocenters. The molecule has 0 N–H and O–H groups in total. The van der Waals surface area contributed by atoms with Crippen molar-refractivity contribution < 1.29 is 0 Å². The monoisotopic (exact) mass is 211 g/mol. The average Bonchev–Trinajstić information content (AvgIpc) is 2.33. The van der Waals surface area contributed by atoms with Gasteiger partial charge < -0.3 is 4.90 Å². The van der Waals surface area contributed by atoms with Crippen molar-refractivity contribution in [3.05, 3.63) is 35.0 Å². The van der Waals surface area contributed by atoms with E-state index in [1.165, 1.54) is 4.48 Å². The second kappa shape index (κ2) is 2.52. The molecule has 0 aromatic rings. The van der Waals surface area contributed by atoms with Gasteiger partial charge in [0.1, 0.15) is 0 Å². The van der Waals surface area contributed by atoms with Crippen molar-refractivity contribution >= 4 is 15.9 Å². The van der Waals surface area contributed by atoms with E-state index in [-0.39, 0.29) is 0 Å². The van der Waals surface area contributed by atoms with Crippen molar-refractivity contribution in [3.63, 3.8) is 0 Å². The van der Waals surface area contributed by atoms with Crippen molar-refractivity contribution in [2.24, 2.45) is 5.92 Å². The zero-order chi connectivity index (χ0) is 7.84. The van der Waals surface area contributed by atoms with Gasteiger partial charge in [0.2, 0.25) is 0 Å². The number of allylic oxidation sites excluding steroid dienone is 2. The summed E-state index contributed by atoms with van der Waals surface area (Å²) in [5.74, 6) is 0.585. The number of likely N-dealkylation sites (N-methyl/N-ethyl adjacent to an activating group) is 1. The summed E-state index contributed by atoms with van der Waals surface area (Å²) in [6.07, 6.45) is 11.0. The number of halogens is 1. The lowest BCUT2D eigenvalue weighted by molar-refractivity contribution is 0.380. The lowest BCUT2D eigenvalue weighted by atomic mass is 9.97. The molecule has 1 nitrogen and oxygen atoms in total. The number of hydrogen-bond acceptors (Lipinski definition) is 1. The van der Waals surface area contributed by atoms with Gasteiger partial charge in [-0.3, -0.25) is 0 Å². The Kier molecular flexibility index (Phi) is 1.64. The normalized spacial score (nSPS) is 34.0. The largest absolute Gasteiger partial charge is 0.373 e. The summed E-state index contributed by atoms with van der Waals surface area (Å²) < 4.78 is 1.19. The third-order valence-electron chi connectivity index (χ3n) is 2.22. The van der Waals surface area contributed by atoms with E-state index in [1.54, 1.807) is 0 Å². The molecule has 0 bridgehead atoms. The summed E-state index contributed by atoms with van der Waals surface area (Å²) in [5, 5.41) is 0. The number of fused-ring (bicyclic) bond motifs is 1. The standard InChI is InChI=1S/C9H10BrN/c1-11-5-4-7-2-3-8(10)6-9(7)11/h2-7,9H,1H3. The van der Waals surface area contributed by atoms with Gasteiger partial charge >= 0.3 is 0 Å². The van der Waals surface area contributed by atoms with E-state index in [9.17, 15) is 0 Å². The quantitative estimate of drug-likeness (QED) is 0.595. The van der Waals surface area contributed by atoms with Crippen LogP contribution in [0.2, 0.25) is 0 Å². The number of nitrogens with zero attached hydrogens (tertiary/aromatic N) is 1. The van der Waals surface area contributed by atoms with Crippen molar-refractivity contribution in [1.82, 2.24) is 4.90 Å². The van der Waals surface area contributed by atoms with Crippen LogP contribution in [0, 0.1) is 5.92 Å². The Morgan fingerprint density at radius 1 is 1.45 bits per heavy atom. The molecule has 2 aliphatic rings. The highest BCUT2D eigenvalue weighted by atomic mass is 79.9. The number of hydrogen-bond donors (Lipinski definition) is 0. The maximum Gasteiger partial charge on any atom is 0.0576 e. The van der Waals surface area contributed by atoms with E-state index in [2.05, 4.69) is 58.4 Å². The van der Waals surface area contributed by atoms with Crippen LogP contribution < -0.4 is 0 Å². The minimum Gasteiger partial charge on any atom is -0.373 e. The molecule has 0 amide bonds. The Balaban J connectivity index is 2.27. The smallest absolute Gasteiger partial charge is 0.0576 e. The van der Waals surface area contributed by atoms with Gasteiger partial charge in [-0.25, -0.2) is 0 Å². The molecule has 0 spiro atoms. The van der Waals surface area contributed by atoms with Crippen LogP contribution in [0.25, 0.3) is 0 Å². The fourth-order valence-electron chi connectivity index (χ4n) is 1.55. The van der Waals surface area contributed by atoms with Crippen molar-refractivity contribution in [3.8, 4) is 0 Å². The SMILES string of the molecule is CN1C=CC2C=CC(Br)=CC21. The second-order valence-corrected chi connectivity index (χ2v) is 3.90. The third-order valence-corrected chi connectivity index (χ3v) is 2.74. The highest BCUT2D eigenvalue weighted by Gasteiger charge is 2.24. The van der Waals surface area contributed by atoms with E-state index in [1.807, 2.05) is 0 Å². The molecule has 1 aliphatic heterocycles. The van der Waals surface area contributed by atoms with Crippen molar-refractivity contribution in [1.29, 1.82) is 0 Å². The lowest BCUT2D eigenvalue weighted by Gasteiger charge is -2.24. The molecule has 11 heavy (non-hydrogen) atoms. The topological polar surface area (TPSA) is 3.24 Å². The molecule has 1 aliphatic carbocycles. The summed E-state index contributed by atoms with van der Waals surface area (Å²) >= 11 is 3.47. The van der Waals surface area contributed by atoms with Crippen LogP contribution in [0.5, 0.6) is 0 Å². The van der Waals surface area contributed by atoms with Gasteiger partial charge in [-0.05, 0) is 12.3 Å². The molecular formula is C9H10BrN. The van der Waals surface area contributed by atoms with Gasteiger partial charge in [-0.1, -0.05) is 34.2 Å². The third kappa shape index (κ3) is 1.16. The molecule has 0 saturated carbocycles. The van der Waals surface area contributed by atoms with Crippen molar-refractivity contribution in [2.75, 3.05) is 7.05 Å². The minimum absolute atomic E-state index is 0.536. The predicted molar refractivity (Wildman–Crippen MR) is 50.3 cm³/mol. The first-order chi connectivity index (χ1) is 5.27. The highest BCUT2D eigenvalue weighted by molar-refractivity contribution is 9.11. The Bertz CT molecular complexity index is 252. The van der Waals surface area contributed by atoms with Crippen LogP contribution >= 0.6 is 15.9 Å². The summed E-state index contributed by atoms with van der Waals surface area (Å²) in [7, 11) is 2.11. The van der Waals surface area contributed by atoms with Gasteiger partial charge in [0.15, 0.2) is 0 Å². The van der Waals surface area contributed by atoms with Crippen LogP contribution in [0.1, 0.15) is 0 Å². The fourth-order valence-corrected chi connectivity index (χ4v) is 1.97. The van der Waals surface area contributed by atoms with Crippen LogP contribution in [-0.4, -0.2) is 18.0 Å². The Labute approximate surface area is 75.2 Å². The molecule has 2 atom stereocenters. The molecule has 2 rings (SSSR count). The molecule has 0 fully saturated rings. The molecule has 2 heteroatoms. The Morgan fingerprint density at radius 3 is 3.09 bits per heavy atom. The van der Waals surface area contributed by atoms with E-state index in [0.717, 1.165) is 0 Å². The van der Waals surface area contributed by atoms with Crippen LogP contribution in [0.4, 0.5) is 0 Å². The van der Waals surface area contributed by atoms with Crippen LogP contribution in [0.15, 0.2) is 35.0 Å². The first-order valence-corrected chi connectivity index (χ1v) is 4.52. The van der Waals surface area contributed by atoms with Crippen LogP contribution in [0.3, 0.4) is 0 Å². The molecule has 0 aromatic carbocycles. The molecule has 1 heterocycles. The molecule has 0 saturated heterocycles. The Hall–Kier alpha value is -0.500. The van der Waals surface area contributed by atoms with E-state index >= 15 is 0 Å². The molecular weight excluding hydrogens is 202 g/mol. The van der Waals surface area contributed by atoms with Gasteiger partial charge in [0.25, 0.3) is 0 Å². The first-order valence-electron chi connectivity index (χ1n) is 3.73. The second-order valence-electron chi connectivity index (χ2n) is 2.99. The zero-order valence-corrected chi connectivity index (χ0v) is 7.95. The number of rotatable bonds is 0. The first kappa shape index (κ1) is 7.17. The van der Waals surface area contributed by atoms with Crippen molar-refractivity contribution in [2.45, 2.75) is 6.04 Å². The van der Waals surface area contributed by atoms with Gasteiger partial charge in [-0.15, -0.1) is 0 Å². The Morgan fingerprint density at radius 2 is 2.27 bits per heavy atom. The van der Waals surface area contributed by atoms with E-state index in [0.29, 0.717) is 12.0 Å². The predicted octanol–water partition coefficient (Wildman–Crippen LogP) is 2.28. The summed E-state index contributed by atoms with van der Waals surface area (Å²) in [5.41, 5.74) is 0. The average molecular weight is 212 g/mol. The minimum atomic E-state index is 0.536. The lowest BCUT2D eigenvalue weighted by Crippen LogP contribution is -2.27. The maximum atomic E-state index is 3.47. The van der Waals surface area contributed by atoms with Gasteiger partial charge in [-0.2, -0.15) is 0 Å². The fraction of sp³-hybridized carbons (Fsp3) is 0.333. The molecule has 0 aromatic heterocycles. The summed E-state index contributed by atoms with van der Waals surface area (Å²) in [6.45, 7) is 0. The molecule has 58 valence electrons. The van der Waals surface area contributed by atoms with E-state index < -0.39 is 0 Å².